The smallest absolute Gasteiger partial charge is 0.335 e. The monoisotopic (exact) mass is 332 g/mol. The molecule has 0 radical (unpaired) electrons. The number of nitrogens with zero attached hydrogens (tertiary/aromatic N) is 1. The van der Waals surface area contributed by atoms with E-state index >= 15 is 0 Å². The van der Waals surface area contributed by atoms with E-state index in [4.69, 9.17) is 21.4 Å². The van der Waals surface area contributed by atoms with Crippen LogP contribution in [0.3, 0.4) is 0 Å². The number of nitrogens with one attached hydrogen (secondary N) is 1. The molecule has 0 saturated heterocycles. The molecule has 0 aliphatic carbocycles. The summed E-state index contributed by atoms with van der Waals surface area (Å²) in [6.45, 7) is -0.199. The van der Waals surface area contributed by atoms with Crippen molar-refractivity contribution in [3.05, 3.63) is 64.7 Å². The zero-order valence-electron chi connectivity index (χ0n) is 11.9. The Hall–Kier alpha value is -2.86. The zero-order chi connectivity index (χ0) is 16.7. The lowest BCUT2D eigenvalue weighted by Crippen LogP contribution is -2.24. The van der Waals surface area contributed by atoms with E-state index in [2.05, 4.69) is 10.5 Å². The second kappa shape index (κ2) is 7.95. The number of carboxylic acids is 1. The lowest BCUT2D eigenvalue weighted by Gasteiger charge is -2.04. The molecule has 23 heavy (non-hydrogen) atoms. The molecule has 2 N–H and O–H groups in total. The molecule has 2 rings (SSSR count). The van der Waals surface area contributed by atoms with E-state index in [0.717, 1.165) is 0 Å². The lowest BCUT2D eigenvalue weighted by atomic mass is 10.1. The number of carboxylic acid groups (broad SMARTS) is 1. The molecule has 0 aliphatic rings. The van der Waals surface area contributed by atoms with Crippen LogP contribution < -0.4 is 10.2 Å². The van der Waals surface area contributed by atoms with Crippen molar-refractivity contribution < 1.29 is 19.4 Å². The predicted molar refractivity (Wildman–Crippen MR) is 86.1 cm³/mol. The first kappa shape index (κ1) is 16.5. The van der Waals surface area contributed by atoms with Gasteiger partial charge >= 0.3 is 5.97 Å². The summed E-state index contributed by atoms with van der Waals surface area (Å²) >= 11 is 5.80. The van der Waals surface area contributed by atoms with Crippen LogP contribution in [0.5, 0.6) is 5.75 Å². The SMILES string of the molecule is O=C(COc1cccc(Cl)c1)NN=Cc1ccc(C(=O)O)cc1. The maximum Gasteiger partial charge on any atom is 0.335 e. The van der Waals surface area contributed by atoms with E-state index in [9.17, 15) is 9.59 Å². The number of aromatic carboxylic acids is 1. The minimum atomic E-state index is -1.00. The standard InChI is InChI=1S/C16H13ClN2O4/c17-13-2-1-3-14(8-13)23-10-15(20)19-18-9-11-4-6-12(7-5-11)16(21)22/h1-9H,10H2,(H,19,20)(H,21,22). The quantitative estimate of drug-likeness (QED) is 0.628. The largest absolute Gasteiger partial charge is 0.484 e. The second-order valence-corrected chi connectivity index (χ2v) is 4.90. The molecule has 2 aromatic carbocycles. The van der Waals surface area contributed by atoms with Gasteiger partial charge in [-0.05, 0) is 35.9 Å². The highest BCUT2D eigenvalue weighted by atomic mass is 35.5. The maximum atomic E-state index is 11.6. The zero-order valence-corrected chi connectivity index (χ0v) is 12.7. The van der Waals surface area contributed by atoms with E-state index in [1.807, 2.05) is 0 Å². The van der Waals surface area contributed by atoms with Crippen molar-refractivity contribution in [1.82, 2.24) is 5.43 Å². The molecule has 2 aromatic rings. The van der Waals surface area contributed by atoms with Gasteiger partial charge in [0.15, 0.2) is 6.61 Å². The molecular weight excluding hydrogens is 320 g/mol. The highest BCUT2D eigenvalue weighted by Gasteiger charge is 2.02. The molecule has 0 atom stereocenters. The van der Waals surface area contributed by atoms with Crippen LogP contribution in [0.15, 0.2) is 53.6 Å². The average molecular weight is 333 g/mol. The number of amides is 1. The molecule has 0 fully saturated rings. The number of hydrogen-bond acceptors (Lipinski definition) is 4. The van der Waals surface area contributed by atoms with Crippen molar-refractivity contribution in [2.75, 3.05) is 6.61 Å². The fourth-order valence-electron chi connectivity index (χ4n) is 1.63. The highest BCUT2D eigenvalue weighted by molar-refractivity contribution is 6.30. The van der Waals surface area contributed by atoms with Crippen LogP contribution in [-0.2, 0) is 4.79 Å². The Bertz CT molecular complexity index is 729. The topological polar surface area (TPSA) is 88.0 Å². The molecule has 0 unspecified atom stereocenters. The first-order chi connectivity index (χ1) is 11.0. The van der Waals surface area contributed by atoms with Crippen LogP contribution in [0, 0.1) is 0 Å². The molecule has 6 nitrogen and oxygen atoms in total. The van der Waals surface area contributed by atoms with Crippen LogP contribution in [0.1, 0.15) is 15.9 Å². The summed E-state index contributed by atoms with van der Waals surface area (Å²) in [4.78, 5) is 22.3. The van der Waals surface area contributed by atoms with Crippen LogP contribution in [0.25, 0.3) is 0 Å². The molecule has 1 amide bonds. The van der Waals surface area contributed by atoms with Crippen LogP contribution >= 0.6 is 11.6 Å². The van der Waals surface area contributed by atoms with Gasteiger partial charge in [-0.25, -0.2) is 10.2 Å². The number of carbonyl (C=O) groups excluding carboxylic acids is 1. The number of hydrogen-bond donors (Lipinski definition) is 2. The van der Waals surface area contributed by atoms with Gasteiger partial charge in [0.05, 0.1) is 11.8 Å². The van der Waals surface area contributed by atoms with Crippen molar-refractivity contribution >= 4 is 29.7 Å². The number of ether oxygens (including phenoxy) is 1. The van der Waals surface area contributed by atoms with Gasteiger partial charge in [0.25, 0.3) is 5.91 Å². The van der Waals surface area contributed by atoms with Gasteiger partial charge in [0.2, 0.25) is 0 Å². The number of benzene rings is 2. The number of carbonyl (C=O) groups is 2. The van der Waals surface area contributed by atoms with E-state index < -0.39 is 11.9 Å². The summed E-state index contributed by atoms with van der Waals surface area (Å²) in [6.07, 6.45) is 1.41. The van der Waals surface area contributed by atoms with Crippen molar-refractivity contribution in [2.24, 2.45) is 5.10 Å². The summed E-state index contributed by atoms with van der Waals surface area (Å²) in [5, 5.41) is 13.1. The molecule has 0 spiro atoms. The molecule has 7 heteroatoms. The Labute approximate surface area is 137 Å². The lowest BCUT2D eigenvalue weighted by molar-refractivity contribution is -0.123. The molecule has 0 bridgehead atoms. The second-order valence-electron chi connectivity index (χ2n) is 4.47. The molecule has 0 heterocycles. The molecule has 118 valence electrons. The Morgan fingerprint density at radius 1 is 1.22 bits per heavy atom. The third-order valence-corrected chi connectivity index (χ3v) is 2.96. The van der Waals surface area contributed by atoms with Crippen LogP contribution in [0.2, 0.25) is 5.02 Å². The van der Waals surface area contributed by atoms with Crippen molar-refractivity contribution in [3.63, 3.8) is 0 Å². The third kappa shape index (κ3) is 5.44. The minimum absolute atomic E-state index is 0.182. The van der Waals surface area contributed by atoms with Crippen molar-refractivity contribution in [3.8, 4) is 5.75 Å². The summed E-state index contributed by atoms with van der Waals surface area (Å²) in [7, 11) is 0. The first-order valence-corrected chi connectivity index (χ1v) is 6.96. The number of hydrazone groups is 1. The van der Waals surface area contributed by atoms with E-state index in [1.54, 1.807) is 36.4 Å². The van der Waals surface area contributed by atoms with Crippen molar-refractivity contribution in [2.45, 2.75) is 0 Å². The van der Waals surface area contributed by atoms with Crippen molar-refractivity contribution in [1.29, 1.82) is 0 Å². The van der Waals surface area contributed by atoms with E-state index in [-0.39, 0.29) is 12.2 Å². The maximum absolute atomic E-state index is 11.6. The van der Waals surface area contributed by atoms with Gasteiger partial charge in [0.1, 0.15) is 5.75 Å². The molecular formula is C16H13ClN2O4. The first-order valence-electron chi connectivity index (χ1n) is 6.58. The fraction of sp³-hybridized carbons (Fsp3) is 0.0625. The van der Waals surface area contributed by atoms with Gasteiger partial charge in [0, 0.05) is 5.02 Å². The predicted octanol–water partition coefficient (Wildman–Crippen LogP) is 2.57. The highest BCUT2D eigenvalue weighted by Crippen LogP contribution is 2.16. The molecule has 0 aromatic heterocycles. The third-order valence-electron chi connectivity index (χ3n) is 2.73. The van der Waals surface area contributed by atoms with Gasteiger partial charge in [-0.2, -0.15) is 5.10 Å². The summed E-state index contributed by atoms with van der Waals surface area (Å²) < 4.78 is 5.26. The Kier molecular flexibility index (Phi) is 5.71. The molecule has 0 saturated carbocycles. The summed E-state index contributed by atoms with van der Waals surface area (Å²) in [5.41, 5.74) is 3.15. The van der Waals surface area contributed by atoms with Gasteiger partial charge in [-0.1, -0.05) is 29.8 Å². The van der Waals surface area contributed by atoms with Crippen LogP contribution in [-0.4, -0.2) is 29.8 Å². The Morgan fingerprint density at radius 2 is 1.96 bits per heavy atom. The average Bonchev–Trinajstić information content (AvgIpc) is 2.53. The van der Waals surface area contributed by atoms with E-state index in [1.165, 1.54) is 18.3 Å². The fourth-order valence-corrected chi connectivity index (χ4v) is 1.81. The normalized spacial score (nSPS) is 10.5. The van der Waals surface area contributed by atoms with Gasteiger partial charge < -0.3 is 9.84 Å². The van der Waals surface area contributed by atoms with Crippen LogP contribution in [0.4, 0.5) is 0 Å². The molecule has 0 aliphatic heterocycles. The summed E-state index contributed by atoms with van der Waals surface area (Å²) in [6, 6.07) is 12.8. The Balaban J connectivity index is 1.80. The van der Waals surface area contributed by atoms with E-state index in [0.29, 0.717) is 16.3 Å². The minimum Gasteiger partial charge on any atom is -0.484 e. The summed E-state index contributed by atoms with van der Waals surface area (Å²) in [5.74, 6) is -0.941. The Morgan fingerprint density at radius 3 is 2.61 bits per heavy atom. The number of rotatable bonds is 6. The number of halogens is 1. The van der Waals surface area contributed by atoms with Gasteiger partial charge in [-0.3, -0.25) is 4.79 Å². The van der Waals surface area contributed by atoms with Gasteiger partial charge in [-0.15, -0.1) is 0 Å².